The molecule has 1 saturated carbocycles. The molecule has 0 aromatic carbocycles. The summed E-state index contributed by atoms with van der Waals surface area (Å²) in [6, 6.07) is 0. The van der Waals surface area contributed by atoms with Crippen molar-refractivity contribution in [1.82, 2.24) is 9.78 Å². The summed E-state index contributed by atoms with van der Waals surface area (Å²) in [4.78, 5) is 0. The Labute approximate surface area is 127 Å². The van der Waals surface area contributed by atoms with E-state index in [0.29, 0.717) is 17.4 Å². The Hall–Kier alpha value is -0.540. The summed E-state index contributed by atoms with van der Waals surface area (Å²) >= 11 is 6.36. The highest BCUT2D eigenvalue weighted by molar-refractivity contribution is 6.31. The summed E-state index contributed by atoms with van der Waals surface area (Å²) in [7, 11) is 1.91. The number of nitrogens with zero attached hydrogens (tertiary/aromatic N) is 2. The van der Waals surface area contributed by atoms with Crippen molar-refractivity contribution in [2.75, 3.05) is 0 Å². The molecule has 2 atom stereocenters. The molecular formula is C16H27ClN2O. The highest BCUT2D eigenvalue weighted by atomic mass is 35.5. The van der Waals surface area contributed by atoms with E-state index in [1.807, 2.05) is 18.7 Å². The molecule has 114 valence electrons. The first-order valence-electron chi connectivity index (χ1n) is 7.55. The van der Waals surface area contributed by atoms with Crippen LogP contribution in [0.1, 0.15) is 57.8 Å². The fraction of sp³-hybridized carbons (Fsp3) is 0.812. The zero-order chi connectivity index (χ0) is 15.1. The van der Waals surface area contributed by atoms with E-state index in [1.165, 1.54) is 6.42 Å². The van der Waals surface area contributed by atoms with Gasteiger partial charge in [-0.1, -0.05) is 45.2 Å². The SMILES string of the molecule is Cc1nn(C)c(CC2(O)CCCCC2C(C)(C)C)c1Cl. The maximum atomic E-state index is 11.3. The molecule has 0 amide bonds. The summed E-state index contributed by atoms with van der Waals surface area (Å²) < 4.78 is 1.82. The van der Waals surface area contributed by atoms with Crippen molar-refractivity contribution in [3.8, 4) is 0 Å². The van der Waals surface area contributed by atoms with Crippen LogP contribution >= 0.6 is 11.6 Å². The highest BCUT2D eigenvalue weighted by Crippen LogP contribution is 2.46. The van der Waals surface area contributed by atoms with Gasteiger partial charge >= 0.3 is 0 Å². The average molecular weight is 299 g/mol. The molecule has 1 heterocycles. The van der Waals surface area contributed by atoms with Crippen LogP contribution < -0.4 is 0 Å². The van der Waals surface area contributed by atoms with Gasteiger partial charge in [-0.2, -0.15) is 5.10 Å². The van der Waals surface area contributed by atoms with Crippen LogP contribution in [0.5, 0.6) is 0 Å². The van der Waals surface area contributed by atoms with Gasteiger partial charge in [-0.15, -0.1) is 0 Å². The van der Waals surface area contributed by atoms with Crippen molar-refractivity contribution in [3.63, 3.8) is 0 Å². The van der Waals surface area contributed by atoms with E-state index >= 15 is 0 Å². The van der Waals surface area contributed by atoms with Crippen molar-refractivity contribution in [2.24, 2.45) is 18.4 Å². The first-order valence-corrected chi connectivity index (χ1v) is 7.93. The minimum Gasteiger partial charge on any atom is -0.389 e. The standard InChI is InChI=1S/C16H27ClN2O/c1-11-14(17)12(19(5)18-11)10-16(20)9-7-6-8-13(16)15(2,3)4/h13,20H,6-10H2,1-5H3. The van der Waals surface area contributed by atoms with E-state index in [-0.39, 0.29) is 5.41 Å². The van der Waals surface area contributed by atoms with Crippen LogP contribution in [-0.4, -0.2) is 20.5 Å². The number of hydrogen-bond acceptors (Lipinski definition) is 2. The minimum absolute atomic E-state index is 0.106. The van der Waals surface area contributed by atoms with Gasteiger partial charge in [-0.25, -0.2) is 0 Å². The van der Waals surface area contributed by atoms with Crippen LogP contribution in [0.15, 0.2) is 0 Å². The van der Waals surface area contributed by atoms with E-state index in [4.69, 9.17) is 11.6 Å². The normalized spacial score (nSPS) is 27.9. The first-order chi connectivity index (χ1) is 9.15. The lowest BCUT2D eigenvalue weighted by molar-refractivity contribution is -0.0899. The molecule has 2 rings (SSSR count). The van der Waals surface area contributed by atoms with Gasteiger partial charge in [0, 0.05) is 13.5 Å². The summed E-state index contributed by atoms with van der Waals surface area (Å²) in [5, 5.41) is 16.4. The van der Waals surface area contributed by atoms with Crippen LogP contribution in [0, 0.1) is 18.3 Å². The molecule has 0 saturated heterocycles. The topological polar surface area (TPSA) is 38.0 Å². The van der Waals surface area contributed by atoms with Gasteiger partial charge in [0.05, 0.1) is 22.0 Å². The molecule has 2 unspecified atom stereocenters. The molecule has 4 heteroatoms. The third-order valence-electron chi connectivity index (χ3n) is 4.78. The quantitative estimate of drug-likeness (QED) is 0.899. The predicted octanol–water partition coefficient (Wildman–Crippen LogP) is 3.89. The Morgan fingerprint density at radius 1 is 1.40 bits per heavy atom. The van der Waals surface area contributed by atoms with Crippen LogP contribution in [-0.2, 0) is 13.5 Å². The fourth-order valence-corrected chi connectivity index (χ4v) is 4.06. The Bertz CT molecular complexity index is 489. The first kappa shape index (κ1) is 15.8. The van der Waals surface area contributed by atoms with Crippen molar-refractivity contribution in [1.29, 1.82) is 0 Å². The molecule has 0 aliphatic heterocycles. The van der Waals surface area contributed by atoms with Gasteiger partial charge in [0.15, 0.2) is 0 Å². The summed E-state index contributed by atoms with van der Waals surface area (Å²) in [5.74, 6) is 0.301. The second kappa shape index (κ2) is 5.34. The van der Waals surface area contributed by atoms with Crippen LogP contribution in [0.4, 0.5) is 0 Å². The maximum Gasteiger partial charge on any atom is 0.0848 e. The van der Waals surface area contributed by atoms with Crippen LogP contribution in [0.25, 0.3) is 0 Å². The minimum atomic E-state index is -0.666. The third-order valence-corrected chi connectivity index (χ3v) is 5.27. The van der Waals surface area contributed by atoms with Gasteiger partial charge < -0.3 is 5.11 Å². The number of aryl methyl sites for hydroxylation is 2. The number of rotatable bonds is 2. The molecule has 1 aliphatic carbocycles. The molecule has 0 radical (unpaired) electrons. The van der Waals surface area contributed by atoms with Crippen LogP contribution in [0.3, 0.4) is 0 Å². The maximum absolute atomic E-state index is 11.3. The Morgan fingerprint density at radius 3 is 2.55 bits per heavy atom. The van der Waals surface area contributed by atoms with E-state index in [9.17, 15) is 5.11 Å². The van der Waals surface area contributed by atoms with Crippen molar-refractivity contribution >= 4 is 11.6 Å². The zero-order valence-electron chi connectivity index (χ0n) is 13.3. The van der Waals surface area contributed by atoms with Crippen LogP contribution in [0.2, 0.25) is 5.02 Å². The smallest absolute Gasteiger partial charge is 0.0848 e. The Morgan fingerprint density at radius 2 is 2.05 bits per heavy atom. The number of aliphatic hydroxyl groups is 1. The van der Waals surface area contributed by atoms with Gasteiger partial charge in [-0.05, 0) is 31.1 Å². The molecule has 1 fully saturated rings. The molecular weight excluding hydrogens is 272 g/mol. The van der Waals surface area contributed by atoms with Crippen molar-refractivity contribution in [3.05, 3.63) is 16.4 Å². The Kier molecular flexibility index (Phi) is 4.23. The summed E-state index contributed by atoms with van der Waals surface area (Å²) in [5.41, 5.74) is 1.24. The largest absolute Gasteiger partial charge is 0.389 e. The summed E-state index contributed by atoms with van der Waals surface area (Å²) in [6.45, 7) is 8.59. The summed E-state index contributed by atoms with van der Waals surface area (Å²) in [6.07, 6.45) is 4.86. The van der Waals surface area contributed by atoms with Crippen molar-refractivity contribution < 1.29 is 5.11 Å². The molecule has 0 bridgehead atoms. The fourth-order valence-electron chi connectivity index (χ4n) is 3.84. The molecule has 1 aromatic heterocycles. The van der Waals surface area contributed by atoms with E-state index in [0.717, 1.165) is 30.7 Å². The molecule has 1 aliphatic rings. The number of hydrogen-bond donors (Lipinski definition) is 1. The molecule has 1 N–H and O–H groups in total. The molecule has 0 spiro atoms. The van der Waals surface area contributed by atoms with Gasteiger partial charge in [0.1, 0.15) is 0 Å². The second-order valence-electron chi connectivity index (χ2n) is 7.41. The monoisotopic (exact) mass is 298 g/mol. The van der Waals surface area contributed by atoms with E-state index < -0.39 is 5.60 Å². The molecule has 1 aromatic rings. The van der Waals surface area contributed by atoms with E-state index in [1.54, 1.807) is 0 Å². The lowest BCUT2D eigenvalue weighted by Gasteiger charge is -2.47. The van der Waals surface area contributed by atoms with Gasteiger partial charge in [0.2, 0.25) is 0 Å². The highest BCUT2D eigenvalue weighted by Gasteiger charge is 2.45. The molecule has 20 heavy (non-hydrogen) atoms. The van der Waals surface area contributed by atoms with Gasteiger partial charge in [-0.3, -0.25) is 4.68 Å². The average Bonchev–Trinajstić information content (AvgIpc) is 2.55. The van der Waals surface area contributed by atoms with Gasteiger partial charge in [0.25, 0.3) is 0 Å². The second-order valence-corrected chi connectivity index (χ2v) is 7.79. The predicted molar refractivity (Wildman–Crippen MR) is 83.0 cm³/mol. The number of aromatic nitrogens is 2. The van der Waals surface area contributed by atoms with Crippen molar-refractivity contribution in [2.45, 2.75) is 65.4 Å². The zero-order valence-corrected chi connectivity index (χ0v) is 14.1. The van der Waals surface area contributed by atoms with E-state index in [2.05, 4.69) is 25.9 Å². The lowest BCUT2D eigenvalue weighted by Crippen LogP contribution is -2.48. The third kappa shape index (κ3) is 2.89. The lowest BCUT2D eigenvalue weighted by atomic mass is 9.62. The number of halogens is 1. The Balaban J connectivity index is 2.33. The molecule has 3 nitrogen and oxygen atoms in total.